The molecule has 0 spiro atoms. The van der Waals surface area contributed by atoms with Crippen molar-refractivity contribution in [2.45, 2.75) is 13.8 Å². The highest BCUT2D eigenvalue weighted by Gasteiger charge is 2.06. The molecule has 0 aliphatic rings. The molecule has 2 aromatic rings. The van der Waals surface area contributed by atoms with Crippen LogP contribution in [0.2, 0.25) is 0 Å². The predicted molar refractivity (Wildman–Crippen MR) is 93.2 cm³/mol. The molecule has 1 amide bonds. The summed E-state index contributed by atoms with van der Waals surface area (Å²) in [6.45, 7) is 4.67. The summed E-state index contributed by atoms with van der Waals surface area (Å²) >= 11 is 0. The van der Waals surface area contributed by atoms with Crippen LogP contribution in [0.15, 0.2) is 30.3 Å². The highest BCUT2D eigenvalue weighted by atomic mass is 16.5. The highest BCUT2D eigenvalue weighted by Crippen LogP contribution is 2.25. The van der Waals surface area contributed by atoms with Gasteiger partial charge in [-0.1, -0.05) is 12.1 Å². The van der Waals surface area contributed by atoms with Gasteiger partial charge in [-0.25, -0.2) is 0 Å². The van der Waals surface area contributed by atoms with Crippen molar-refractivity contribution in [3.05, 3.63) is 47.3 Å². The van der Waals surface area contributed by atoms with Crippen LogP contribution >= 0.6 is 0 Å². The molecule has 6 heteroatoms. The van der Waals surface area contributed by atoms with Crippen molar-refractivity contribution in [1.82, 2.24) is 15.1 Å². The largest absolute Gasteiger partial charge is 0.493 e. The van der Waals surface area contributed by atoms with Crippen LogP contribution in [-0.4, -0.2) is 35.9 Å². The van der Waals surface area contributed by atoms with E-state index in [0.29, 0.717) is 24.7 Å². The number of nitrogens with zero attached hydrogens (tertiary/aromatic N) is 2. The molecule has 1 aromatic heterocycles. The number of carbonyl (C=O) groups excluding carboxylic acids is 1. The average Bonchev–Trinajstić information content (AvgIpc) is 2.82. The third-order valence-electron chi connectivity index (χ3n) is 3.69. The lowest BCUT2D eigenvalue weighted by Gasteiger charge is -2.10. The van der Waals surface area contributed by atoms with Gasteiger partial charge in [0, 0.05) is 24.4 Å². The molecular formula is C18H23N3O3. The number of para-hydroxylation sites is 2. The van der Waals surface area contributed by atoms with E-state index < -0.39 is 0 Å². The monoisotopic (exact) mass is 329 g/mol. The first-order chi connectivity index (χ1) is 11.5. The van der Waals surface area contributed by atoms with Crippen molar-refractivity contribution in [2.75, 3.05) is 20.3 Å². The Morgan fingerprint density at radius 1 is 1.29 bits per heavy atom. The third-order valence-corrected chi connectivity index (χ3v) is 3.69. The van der Waals surface area contributed by atoms with Crippen LogP contribution in [0.4, 0.5) is 0 Å². The first-order valence-electron chi connectivity index (χ1n) is 7.75. The van der Waals surface area contributed by atoms with Crippen LogP contribution in [0.3, 0.4) is 0 Å². The number of amides is 1. The molecule has 0 aliphatic carbocycles. The average molecular weight is 329 g/mol. The molecule has 0 saturated heterocycles. The van der Waals surface area contributed by atoms with E-state index >= 15 is 0 Å². The molecule has 6 nitrogen and oxygen atoms in total. The molecular weight excluding hydrogens is 306 g/mol. The van der Waals surface area contributed by atoms with Crippen molar-refractivity contribution < 1.29 is 14.3 Å². The minimum Gasteiger partial charge on any atom is -0.493 e. The molecule has 0 bridgehead atoms. The van der Waals surface area contributed by atoms with Crippen molar-refractivity contribution in [1.29, 1.82) is 0 Å². The van der Waals surface area contributed by atoms with Gasteiger partial charge in [-0.15, -0.1) is 0 Å². The summed E-state index contributed by atoms with van der Waals surface area (Å²) in [7, 11) is 3.48. The van der Waals surface area contributed by atoms with E-state index in [1.807, 2.05) is 45.2 Å². The molecule has 2 rings (SSSR count). The quantitative estimate of drug-likeness (QED) is 0.625. The Balaban J connectivity index is 1.80. The fraction of sp³-hybridized carbons (Fsp3) is 0.333. The summed E-state index contributed by atoms with van der Waals surface area (Å²) in [5.41, 5.74) is 2.90. The zero-order chi connectivity index (χ0) is 17.5. The summed E-state index contributed by atoms with van der Waals surface area (Å²) in [6, 6.07) is 7.40. The van der Waals surface area contributed by atoms with Crippen molar-refractivity contribution in [3.63, 3.8) is 0 Å². The van der Waals surface area contributed by atoms with Crippen LogP contribution in [0.5, 0.6) is 11.5 Å². The van der Waals surface area contributed by atoms with E-state index in [1.54, 1.807) is 17.9 Å². The molecule has 128 valence electrons. The number of hydrogen-bond donors (Lipinski definition) is 1. The number of ether oxygens (including phenoxy) is 2. The minimum atomic E-state index is -0.165. The van der Waals surface area contributed by atoms with Crippen molar-refractivity contribution in [2.24, 2.45) is 7.05 Å². The Labute approximate surface area is 142 Å². The van der Waals surface area contributed by atoms with E-state index in [1.165, 1.54) is 6.08 Å². The molecule has 0 unspecified atom stereocenters. The number of aromatic nitrogens is 2. The maximum absolute atomic E-state index is 11.9. The van der Waals surface area contributed by atoms with Crippen LogP contribution in [0, 0.1) is 13.8 Å². The number of nitrogens with one attached hydrogen (secondary N) is 1. The second-order valence-corrected chi connectivity index (χ2v) is 5.33. The SMILES string of the molecule is COc1ccccc1OCCNC(=O)/C=C/c1c(C)nn(C)c1C. The Bertz CT molecular complexity index is 735. The smallest absolute Gasteiger partial charge is 0.244 e. The van der Waals surface area contributed by atoms with Crippen LogP contribution < -0.4 is 14.8 Å². The summed E-state index contributed by atoms with van der Waals surface area (Å²) in [4.78, 5) is 11.9. The molecule has 0 saturated carbocycles. The molecule has 0 fully saturated rings. The number of methoxy groups -OCH3 is 1. The van der Waals surface area contributed by atoms with Crippen LogP contribution in [-0.2, 0) is 11.8 Å². The standard InChI is InChI=1S/C18H23N3O3/c1-13-15(14(2)21(3)20-13)9-10-18(22)19-11-12-24-17-8-6-5-7-16(17)23-4/h5-10H,11-12H2,1-4H3,(H,19,22)/b10-9+. The number of hydrogen-bond acceptors (Lipinski definition) is 4. The number of benzene rings is 1. The molecule has 1 heterocycles. The first-order valence-corrected chi connectivity index (χ1v) is 7.75. The molecule has 1 aromatic carbocycles. The zero-order valence-corrected chi connectivity index (χ0v) is 14.5. The van der Waals surface area contributed by atoms with E-state index in [2.05, 4.69) is 10.4 Å². The molecule has 0 radical (unpaired) electrons. The van der Waals surface area contributed by atoms with Gasteiger partial charge in [0.2, 0.25) is 5.91 Å². The van der Waals surface area contributed by atoms with Crippen LogP contribution in [0.1, 0.15) is 17.0 Å². The zero-order valence-electron chi connectivity index (χ0n) is 14.5. The topological polar surface area (TPSA) is 65.4 Å². The molecule has 24 heavy (non-hydrogen) atoms. The summed E-state index contributed by atoms with van der Waals surface area (Å²) in [5, 5.41) is 7.10. The molecule has 1 N–H and O–H groups in total. The van der Waals surface area contributed by atoms with Gasteiger partial charge < -0.3 is 14.8 Å². The van der Waals surface area contributed by atoms with Gasteiger partial charge in [0.25, 0.3) is 0 Å². The van der Waals surface area contributed by atoms with E-state index in [0.717, 1.165) is 17.0 Å². The number of rotatable bonds is 7. The fourth-order valence-corrected chi connectivity index (χ4v) is 2.32. The Hall–Kier alpha value is -2.76. The van der Waals surface area contributed by atoms with Gasteiger partial charge in [0.1, 0.15) is 6.61 Å². The maximum Gasteiger partial charge on any atom is 0.244 e. The van der Waals surface area contributed by atoms with Gasteiger partial charge in [-0.2, -0.15) is 5.10 Å². The number of carbonyl (C=O) groups is 1. The Morgan fingerprint density at radius 2 is 2.00 bits per heavy atom. The van der Waals surface area contributed by atoms with E-state index in [9.17, 15) is 4.79 Å². The predicted octanol–water partition coefficient (Wildman–Crippen LogP) is 2.25. The molecule has 0 aliphatic heterocycles. The van der Waals surface area contributed by atoms with Gasteiger partial charge in [-0.05, 0) is 32.1 Å². The fourth-order valence-electron chi connectivity index (χ4n) is 2.32. The van der Waals surface area contributed by atoms with E-state index in [-0.39, 0.29) is 5.91 Å². The lowest BCUT2D eigenvalue weighted by Crippen LogP contribution is -2.26. The van der Waals surface area contributed by atoms with E-state index in [4.69, 9.17) is 9.47 Å². The Morgan fingerprint density at radius 3 is 2.62 bits per heavy atom. The maximum atomic E-state index is 11.9. The van der Waals surface area contributed by atoms with Gasteiger partial charge in [0.05, 0.1) is 19.3 Å². The summed E-state index contributed by atoms with van der Waals surface area (Å²) < 4.78 is 12.6. The minimum absolute atomic E-state index is 0.165. The van der Waals surface area contributed by atoms with Crippen molar-refractivity contribution >= 4 is 12.0 Å². The lowest BCUT2D eigenvalue weighted by atomic mass is 10.2. The van der Waals surface area contributed by atoms with Gasteiger partial charge in [0.15, 0.2) is 11.5 Å². The summed E-state index contributed by atoms with van der Waals surface area (Å²) in [5.74, 6) is 1.17. The summed E-state index contributed by atoms with van der Waals surface area (Å²) in [6.07, 6.45) is 3.30. The second kappa shape index (κ2) is 8.19. The third kappa shape index (κ3) is 4.38. The second-order valence-electron chi connectivity index (χ2n) is 5.33. The van der Waals surface area contributed by atoms with Gasteiger partial charge >= 0.3 is 0 Å². The van der Waals surface area contributed by atoms with Gasteiger partial charge in [-0.3, -0.25) is 9.48 Å². The number of aryl methyl sites for hydroxylation is 2. The molecule has 0 atom stereocenters. The first kappa shape index (κ1) is 17.6. The Kier molecular flexibility index (Phi) is 6.01. The highest BCUT2D eigenvalue weighted by molar-refractivity contribution is 5.91. The normalized spacial score (nSPS) is 10.8. The lowest BCUT2D eigenvalue weighted by molar-refractivity contribution is -0.116. The van der Waals surface area contributed by atoms with Crippen LogP contribution in [0.25, 0.3) is 6.08 Å². The van der Waals surface area contributed by atoms with Crippen molar-refractivity contribution in [3.8, 4) is 11.5 Å².